The zero-order valence-electron chi connectivity index (χ0n) is 19.4. The number of aliphatic hydroxyl groups is 1. The summed E-state index contributed by atoms with van der Waals surface area (Å²) in [7, 11) is 3.02. The van der Waals surface area contributed by atoms with Crippen LogP contribution in [0.15, 0.2) is 76.8 Å². The lowest BCUT2D eigenvalue weighted by Crippen LogP contribution is -2.29. The van der Waals surface area contributed by atoms with E-state index in [-0.39, 0.29) is 17.8 Å². The Morgan fingerprint density at radius 2 is 1.69 bits per heavy atom. The van der Waals surface area contributed by atoms with E-state index in [4.69, 9.17) is 14.6 Å². The van der Waals surface area contributed by atoms with Crippen molar-refractivity contribution in [3.8, 4) is 11.5 Å². The van der Waals surface area contributed by atoms with Gasteiger partial charge in [0.15, 0.2) is 0 Å². The van der Waals surface area contributed by atoms with Gasteiger partial charge in [0.2, 0.25) is 0 Å². The van der Waals surface area contributed by atoms with Gasteiger partial charge in [-0.1, -0.05) is 24.3 Å². The predicted molar refractivity (Wildman–Crippen MR) is 136 cm³/mol. The second-order valence-electron chi connectivity index (χ2n) is 8.03. The Labute approximate surface area is 215 Å². The third-order valence-electron chi connectivity index (χ3n) is 5.85. The molecule has 0 aliphatic carbocycles. The van der Waals surface area contributed by atoms with Gasteiger partial charge in [-0.3, -0.25) is 19.3 Å². The van der Waals surface area contributed by atoms with Crippen molar-refractivity contribution in [2.75, 3.05) is 19.1 Å². The van der Waals surface area contributed by atoms with Gasteiger partial charge in [-0.2, -0.15) is 0 Å². The number of ketones is 1. The van der Waals surface area contributed by atoms with Gasteiger partial charge in [-0.15, -0.1) is 0 Å². The molecule has 1 fully saturated rings. The second kappa shape index (κ2) is 10.2. The minimum atomic E-state index is -0.981. The summed E-state index contributed by atoms with van der Waals surface area (Å²) in [5.41, 5.74) is 1.72. The number of ether oxygens (including phenoxy) is 2. The van der Waals surface area contributed by atoms with Crippen LogP contribution in [0, 0.1) is 0 Å². The minimum Gasteiger partial charge on any atom is -0.507 e. The maximum absolute atomic E-state index is 13.3. The summed E-state index contributed by atoms with van der Waals surface area (Å²) in [6, 6.07) is 17.1. The quantitative estimate of drug-likeness (QED) is 0.248. The number of aliphatic hydroxyl groups excluding tert-OH is 1. The molecule has 1 saturated heterocycles. The number of methoxy groups -OCH3 is 2. The molecule has 36 heavy (non-hydrogen) atoms. The molecule has 4 rings (SSSR count). The van der Waals surface area contributed by atoms with E-state index in [2.05, 4.69) is 15.9 Å². The molecule has 1 atom stereocenters. The normalized spacial score (nSPS) is 16.8. The van der Waals surface area contributed by atoms with E-state index >= 15 is 0 Å². The number of Topliss-reactive ketones (excluding diaryl/α,β-unsaturated/α-hetero) is 1. The Balaban J connectivity index is 1.89. The number of carbonyl (C=O) groups is 3. The van der Waals surface area contributed by atoms with Crippen molar-refractivity contribution < 1.29 is 34.1 Å². The molecule has 1 amide bonds. The van der Waals surface area contributed by atoms with E-state index < -0.39 is 23.7 Å². The molecule has 0 aromatic heterocycles. The van der Waals surface area contributed by atoms with Crippen LogP contribution in [0.3, 0.4) is 0 Å². The Kier molecular flexibility index (Phi) is 7.12. The molecule has 184 valence electrons. The number of nitrogens with zero attached hydrogens (tertiary/aromatic N) is 1. The highest BCUT2D eigenvalue weighted by Gasteiger charge is 2.47. The molecule has 1 aliphatic heterocycles. The van der Waals surface area contributed by atoms with E-state index in [1.54, 1.807) is 66.7 Å². The summed E-state index contributed by atoms with van der Waals surface area (Å²) in [4.78, 5) is 39.0. The van der Waals surface area contributed by atoms with Gasteiger partial charge in [0, 0.05) is 11.3 Å². The highest BCUT2D eigenvalue weighted by molar-refractivity contribution is 9.10. The third kappa shape index (κ3) is 4.70. The summed E-state index contributed by atoms with van der Waals surface area (Å²) in [5, 5.41) is 20.3. The number of carboxylic acid groups (broad SMARTS) is 1. The maximum atomic E-state index is 13.3. The topological polar surface area (TPSA) is 113 Å². The number of anilines is 1. The van der Waals surface area contributed by atoms with Crippen molar-refractivity contribution >= 4 is 45.0 Å². The molecule has 3 aromatic carbocycles. The predicted octanol–water partition coefficient (Wildman–Crippen LogP) is 4.72. The molecule has 2 N–H and O–H groups in total. The van der Waals surface area contributed by atoms with Gasteiger partial charge in [0.05, 0.1) is 36.7 Å². The van der Waals surface area contributed by atoms with E-state index in [1.165, 1.54) is 19.1 Å². The van der Waals surface area contributed by atoms with Crippen LogP contribution >= 0.6 is 15.9 Å². The number of amides is 1. The molecule has 0 bridgehead atoms. The first-order chi connectivity index (χ1) is 17.2. The van der Waals surface area contributed by atoms with Crippen molar-refractivity contribution in [3.63, 3.8) is 0 Å². The number of hydrogen-bond acceptors (Lipinski definition) is 6. The molecule has 1 heterocycles. The molecule has 3 aromatic rings. The SMILES string of the molecule is COc1cccc(C2/C(=C(/O)c3ccc(OC)c(Br)c3)C(=O)C(=O)N2c2ccc(CC(=O)O)cc2)c1. The minimum absolute atomic E-state index is 0.0834. The first-order valence-corrected chi connectivity index (χ1v) is 11.6. The zero-order valence-corrected chi connectivity index (χ0v) is 21.0. The van der Waals surface area contributed by atoms with Gasteiger partial charge in [-0.05, 0) is 69.5 Å². The number of carboxylic acids is 1. The Bertz CT molecular complexity index is 1380. The van der Waals surface area contributed by atoms with Gasteiger partial charge in [0.25, 0.3) is 11.7 Å². The Hall–Kier alpha value is -4.11. The summed E-state index contributed by atoms with van der Waals surface area (Å²) in [6.07, 6.45) is -0.176. The summed E-state index contributed by atoms with van der Waals surface area (Å²) >= 11 is 3.38. The van der Waals surface area contributed by atoms with E-state index in [0.717, 1.165) is 0 Å². The Morgan fingerprint density at radius 3 is 2.31 bits per heavy atom. The highest BCUT2D eigenvalue weighted by Crippen LogP contribution is 2.43. The molecule has 1 unspecified atom stereocenters. The van der Waals surface area contributed by atoms with E-state index in [9.17, 15) is 19.5 Å². The average molecular weight is 552 g/mol. The molecule has 0 saturated carbocycles. The van der Waals surface area contributed by atoms with Crippen LogP contribution in [-0.4, -0.2) is 42.1 Å². The summed E-state index contributed by atoms with van der Waals surface area (Å²) < 4.78 is 11.1. The van der Waals surface area contributed by atoms with Crippen LogP contribution in [0.1, 0.15) is 22.7 Å². The van der Waals surface area contributed by atoms with Crippen molar-refractivity contribution in [3.05, 3.63) is 93.5 Å². The molecule has 9 heteroatoms. The monoisotopic (exact) mass is 551 g/mol. The smallest absolute Gasteiger partial charge is 0.307 e. The molecular weight excluding hydrogens is 530 g/mol. The molecule has 1 aliphatic rings. The van der Waals surface area contributed by atoms with E-state index in [1.807, 2.05) is 0 Å². The third-order valence-corrected chi connectivity index (χ3v) is 6.47. The number of hydrogen-bond donors (Lipinski definition) is 2. The Morgan fingerprint density at radius 1 is 0.972 bits per heavy atom. The van der Waals surface area contributed by atoms with Crippen molar-refractivity contribution in [1.82, 2.24) is 0 Å². The van der Waals surface area contributed by atoms with Crippen molar-refractivity contribution in [2.24, 2.45) is 0 Å². The van der Waals surface area contributed by atoms with Gasteiger partial charge in [0.1, 0.15) is 17.3 Å². The standard InChI is InChI=1S/C27H22BrNO7/c1-35-19-5-3-4-16(13-19)24-23(25(32)17-8-11-21(36-2)20(28)14-17)26(33)27(34)29(24)18-9-6-15(7-10-18)12-22(30)31/h3-11,13-14,24,32H,12H2,1-2H3,(H,30,31)/b25-23-. The number of halogens is 1. The average Bonchev–Trinajstić information content (AvgIpc) is 3.14. The number of rotatable bonds is 7. The number of carbonyl (C=O) groups excluding carboxylic acids is 2. The van der Waals surface area contributed by atoms with Gasteiger partial charge >= 0.3 is 5.97 Å². The lowest BCUT2D eigenvalue weighted by molar-refractivity contribution is -0.136. The first kappa shape index (κ1) is 25.0. The second-order valence-corrected chi connectivity index (χ2v) is 8.89. The number of aliphatic carboxylic acids is 1. The van der Waals surface area contributed by atoms with Crippen LogP contribution in [0.4, 0.5) is 5.69 Å². The molecule has 8 nitrogen and oxygen atoms in total. The molecular formula is C27H22BrNO7. The van der Waals surface area contributed by atoms with E-state index in [0.29, 0.717) is 38.3 Å². The first-order valence-electron chi connectivity index (χ1n) is 10.8. The van der Waals surface area contributed by atoms with Gasteiger partial charge < -0.3 is 19.7 Å². The number of benzene rings is 3. The van der Waals surface area contributed by atoms with Crippen LogP contribution in [-0.2, 0) is 20.8 Å². The molecule has 0 radical (unpaired) electrons. The van der Waals surface area contributed by atoms with Crippen molar-refractivity contribution in [1.29, 1.82) is 0 Å². The highest BCUT2D eigenvalue weighted by atomic mass is 79.9. The zero-order chi connectivity index (χ0) is 26.0. The fourth-order valence-electron chi connectivity index (χ4n) is 4.14. The molecule has 0 spiro atoms. The summed E-state index contributed by atoms with van der Waals surface area (Å²) in [5.74, 6) is -1.93. The maximum Gasteiger partial charge on any atom is 0.307 e. The largest absolute Gasteiger partial charge is 0.507 e. The lowest BCUT2D eigenvalue weighted by Gasteiger charge is -2.26. The van der Waals surface area contributed by atoms with Crippen LogP contribution < -0.4 is 14.4 Å². The lowest BCUT2D eigenvalue weighted by atomic mass is 9.95. The fraction of sp³-hybridized carbons (Fsp3) is 0.148. The summed E-state index contributed by atoms with van der Waals surface area (Å²) in [6.45, 7) is 0. The fourth-order valence-corrected chi connectivity index (χ4v) is 4.68. The van der Waals surface area contributed by atoms with Crippen LogP contribution in [0.5, 0.6) is 11.5 Å². The van der Waals surface area contributed by atoms with Crippen LogP contribution in [0.2, 0.25) is 0 Å². The van der Waals surface area contributed by atoms with Crippen LogP contribution in [0.25, 0.3) is 5.76 Å². The van der Waals surface area contributed by atoms with Crippen molar-refractivity contribution in [2.45, 2.75) is 12.5 Å². The van der Waals surface area contributed by atoms with Gasteiger partial charge in [-0.25, -0.2) is 0 Å².